The van der Waals surface area contributed by atoms with Gasteiger partial charge in [-0.2, -0.15) is 0 Å². The number of nitrogens with zero attached hydrogens (tertiary/aromatic N) is 1. The highest BCUT2D eigenvalue weighted by molar-refractivity contribution is 5.89. The van der Waals surface area contributed by atoms with Gasteiger partial charge >= 0.3 is 6.09 Å². The van der Waals surface area contributed by atoms with Gasteiger partial charge in [-0.05, 0) is 52.0 Å². The summed E-state index contributed by atoms with van der Waals surface area (Å²) in [7, 11) is 0. The molecule has 0 aliphatic rings. The van der Waals surface area contributed by atoms with Crippen molar-refractivity contribution in [2.24, 2.45) is 0 Å². The van der Waals surface area contributed by atoms with Gasteiger partial charge in [0, 0.05) is 18.2 Å². The van der Waals surface area contributed by atoms with Crippen molar-refractivity contribution in [1.82, 2.24) is 0 Å². The number of hydrogen-bond acceptors (Lipinski definition) is 4. The normalized spacial score (nSPS) is 12.6. The molecule has 5 heteroatoms. The summed E-state index contributed by atoms with van der Waals surface area (Å²) >= 11 is 0. The molecule has 1 atom stereocenters. The van der Waals surface area contributed by atoms with Gasteiger partial charge < -0.3 is 14.6 Å². The summed E-state index contributed by atoms with van der Waals surface area (Å²) in [4.78, 5) is 24.4. The molecule has 0 aliphatic heterocycles. The largest absolute Gasteiger partial charge is 0.508 e. The number of carbonyl (C=O) groups excluding carboxylic acids is 2. The van der Waals surface area contributed by atoms with E-state index in [9.17, 15) is 14.7 Å². The fourth-order valence-corrected chi connectivity index (χ4v) is 1.71. The van der Waals surface area contributed by atoms with E-state index in [2.05, 4.69) is 0 Å². The quantitative estimate of drug-likeness (QED) is 0.860. The molecule has 110 valence electrons. The van der Waals surface area contributed by atoms with Gasteiger partial charge in [0.15, 0.2) is 0 Å². The first-order chi connectivity index (χ1) is 9.24. The van der Waals surface area contributed by atoms with Crippen molar-refractivity contribution in [1.29, 1.82) is 0 Å². The minimum Gasteiger partial charge on any atom is -0.508 e. The maximum atomic E-state index is 12.3. The van der Waals surface area contributed by atoms with E-state index in [-0.39, 0.29) is 18.2 Å². The van der Waals surface area contributed by atoms with E-state index in [0.29, 0.717) is 5.69 Å². The molecule has 5 nitrogen and oxygen atoms in total. The summed E-state index contributed by atoms with van der Waals surface area (Å²) in [5.41, 5.74) is -0.0425. The Kier molecular flexibility index (Phi) is 5.13. The Hall–Kier alpha value is -2.04. The van der Waals surface area contributed by atoms with Crippen LogP contribution >= 0.6 is 0 Å². The minimum atomic E-state index is -0.618. The molecule has 1 aromatic rings. The molecule has 1 aromatic carbocycles. The van der Waals surface area contributed by atoms with Crippen LogP contribution in [0.1, 0.15) is 34.1 Å². The van der Waals surface area contributed by atoms with Gasteiger partial charge in [0.2, 0.25) is 0 Å². The Labute approximate surface area is 119 Å². The number of ether oxygens (including phenoxy) is 1. The van der Waals surface area contributed by atoms with Crippen molar-refractivity contribution >= 4 is 18.1 Å². The molecule has 1 N–H and O–H groups in total. The number of aromatic hydroxyl groups is 1. The van der Waals surface area contributed by atoms with Gasteiger partial charge in [-0.25, -0.2) is 4.79 Å². The van der Waals surface area contributed by atoms with Crippen LogP contribution in [-0.2, 0) is 9.53 Å². The molecule has 1 unspecified atom stereocenters. The van der Waals surface area contributed by atoms with Gasteiger partial charge in [-0.3, -0.25) is 4.90 Å². The van der Waals surface area contributed by atoms with Crippen LogP contribution in [0.15, 0.2) is 24.3 Å². The van der Waals surface area contributed by atoms with Crippen LogP contribution < -0.4 is 4.90 Å². The maximum absolute atomic E-state index is 12.3. The summed E-state index contributed by atoms with van der Waals surface area (Å²) in [6, 6.07) is 5.87. The molecule has 0 saturated heterocycles. The SMILES string of the molecule is CC(CC=O)N(C(=O)OC(C)(C)C)c1ccc(O)cc1. The summed E-state index contributed by atoms with van der Waals surface area (Å²) in [5.74, 6) is 0.112. The smallest absolute Gasteiger partial charge is 0.415 e. The lowest BCUT2D eigenvalue weighted by molar-refractivity contribution is -0.108. The van der Waals surface area contributed by atoms with E-state index in [0.717, 1.165) is 6.29 Å². The number of carbonyl (C=O) groups is 2. The zero-order valence-corrected chi connectivity index (χ0v) is 12.3. The van der Waals surface area contributed by atoms with E-state index < -0.39 is 11.7 Å². The molecule has 0 fully saturated rings. The Balaban J connectivity index is 3.04. The van der Waals surface area contributed by atoms with Crippen molar-refractivity contribution < 1.29 is 19.4 Å². The highest BCUT2D eigenvalue weighted by Gasteiger charge is 2.27. The van der Waals surface area contributed by atoms with Crippen molar-refractivity contribution in [3.05, 3.63) is 24.3 Å². The lowest BCUT2D eigenvalue weighted by Crippen LogP contribution is -2.42. The third-order valence-electron chi connectivity index (χ3n) is 2.60. The molecule has 0 aromatic heterocycles. The predicted octanol–water partition coefficient (Wildman–Crippen LogP) is 3.11. The van der Waals surface area contributed by atoms with Crippen molar-refractivity contribution in [2.45, 2.75) is 45.8 Å². The van der Waals surface area contributed by atoms with Gasteiger partial charge in [0.1, 0.15) is 17.6 Å². The van der Waals surface area contributed by atoms with E-state index in [4.69, 9.17) is 4.74 Å². The second-order valence-corrected chi connectivity index (χ2v) is 5.62. The number of aldehydes is 1. The summed E-state index contributed by atoms with van der Waals surface area (Å²) in [6.07, 6.45) is 0.459. The van der Waals surface area contributed by atoms with Crippen molar-refractivity contribution in [2.75, 3.05) is 4.90 Å². The van der Waals surface area contributed by atoms with Gasteiger partial charge in [0.25, 0.3) is 0 Å². The lowest BCUT2D eigenvalue weighted by Gasteiger charge is -2.31. The van der Waals surface area contributed by atoms with Crippen molar-refractivity contribution in [3.8, 4) is 5.75 Å². The molecule has 1 rings (SSSR count). The second-order valence-electron chi connectivity index (χ2n) is 5.62. The average Bonchev–Trinajstić information content (AvgIpc) is 2.30. The van der Waals surface area contributed by atoms with E-state index in [1.807, 2.05) is 0 Å². The third kappa shape index (κ3) is 4.57. The molecule has 1 amide bonds. The molecule has 0 radical (unpaired) electrons. The zero-order valence-electron chi connectivity index (χ0n) is 12.3. The molecule has 0 saturated carbocycles. The zero-order chi connectivity index (χ0) is 15.3. The number of anilines is 1. The molecular weight excluding hydrogens is 258 g/mol. The van der Waals surface area contributed by atoms with Crippen LogP contribution in [0.2, 0.25) is 0 Å². The van der Waals surface area contributed by atoms with E-state index >= 15 is 0 Å². The monoisotopic (exact) mass is 279 g/mol. The van der Waals surface area contributed by atoms with Crippen molar-refractivity contribution in [3.63, 3.8) is 0 Å². The van der Waals surface area contributed by atoms with E-state index in [1.165, 1.54) is 17.0 Å². The third-order valence-corrected chi connectivity index (χ3v) is 2.60. The standard InChI is InChI=1S/C15H21NO4/c1-11(9-10-17)16(14(19)20-15(2,3)4)12-5-7-13(18)8-6-12/h5-8,10-11,18H,9H2,1-4H3. The average molecular weight is 279 g/mol. The highest BCUT2D eigenvalue weighted by Crippen LogP contribution is 2.24. The lowest BCUT2D eigenvalue weighted by atomic mass is 10.1. The Morgan fingerprint density at radius 1 is 1.35 bits per heavy atom. The Bertz CT molecular complexity index is 462. The first kappa shape index (κ1) is 16.0. The maximum Gasteiger partial charge on any atom is 0.415 e. The van der Waals surface area contributed by atoms with Crippen LogP contribution in [0.3, 0.4) is 0 Å². The van der Waals surface area contributed by atoms with Crippen LogP contribution in [0.25, 0.3) is 0 Å². The molecule has 0 spiro atoms. The molecule has 0 heterocycles. The first-order valence-electron chi connectivity index (χ1n) is 6.49. The number of phenols is 1. The van der Waals surface area contributed by atoms with Gasteiger partial charge in [0.05, 0.1) is 0 Å². The fraction of sp³-hybridized carbons (Fsp3) is 0.467. The number of benzene rings is 1. The van der Waals surface area contributed by atoms with Crippen LogP contribution in [0.5, 0.6) is 5.75 Å². The summed E-state index contributed by atoms with van der Waals surface area (Å²) in [5, 5.41) is 9.31. The molecule has 0 bridgehead atoms. The minimum absolute atomic E-state index is 0.112. The summed E-state index contributed by atoms with van der Waals surface area (Å²) in [6.45, 7) is 7.12. The molecular formula is C15H21NO4. The fourth-order valence-electron chi connectivity index (χ4n) is 1.71. The number of amides is 1. The highest BCUT2D eigenvalue weighted by atomic mass is 16.6. The second kappa shape index (κ2) is 6.41. The number of hydrogen-bond donors (Lipinski definition) is 1. The van der Waals surface area contributed by atoms with E-state index in [1.54, 1.807) is 39.8 Å². The van der Waals surface area contributed by atoms with Crippen LogP contribution in [0, 0.1) is 0 Å². The molecule has 20 heavy (non-hydrogen) atoms. The number of rotatable bonds is 4. The van der Waals surface area contributed by atoms with Crippen LogP contribution in [-0.4, -0.2) is 29.1 Å². The molecule has 0 aliphatic carbocycles. The first-order valence-corrected chi connectivity index (χ1v) is 6.49. The Morgan fingerprint density at radius 3 is 2.35 bits per heavy atom. The summed E-state index contributed by atoms with van der Waals surface area (Å²) < 4.78 is 5.36. The topological polar surface area (TPSA) is 66.8 Å². The Morgan fingerprint density at radius 2 is 1.90 bits per heavy atom. The predicted molar refractivity (Wildman–Crippen MR) is 77.0 cm³/mol. The number of phenolic OH excluding ortho intramolecular Hbond substituents is 1. The van der Waals surface area contributed by atoms with Crippen LogP contribution in [0.4, 0.5) is 10.5 Å². The van der Waals surface area contributed by atoms with Gasteiger partial charge in [-0.15, -0.1) is 0 Å². The van der Waals surface area contributed by atoms with Gasteiger partial charge in [-0.1, -0.05) is 0 Å².